The van der Waals surface area contributed by atoms with E-state index < -0.39 is 0 Å². The van der Waals surface area contributed by atoms with Crippen molar-refractivity contribution in [3.05, 3.63) is 24.0 Å². The third kappa shape index (κ3) is 5.13. The van der Waals surface area contributed by atoms with Gasteiger partial charge >= 0.3 is 0 Å². The zero-order valence-electron chi connectivity index (χ0n) is 17.7. The summed E-state index contributed by atoms with van der Waals surface area (Å²) in [5, 5.41) is 14.8. The summed E-state index contributed by atoms with van der Waals surface area (Å²) in [6, 6.07) is 5.79. The van der Waals surface area contributed by atoms with Gasteiger partial charge in [0.2, 0.25) is 11.6 Å². The fourth-order valence-electron chi connectivity index (χ4n) is 3.19. The van der Waals surface area contributed by atoms with Gasteiger partial charge < -0.3 is 15.4 Å². The van der Waals surface area contributed by atoms with Crippen LogP contribution < -0.4 is 15.4 Å². The molecule has 0 fully saturated rings. The SMILES string of the molecule is COc1ccc2c(c1)nc(NCCCCNC(=O)CCC(C)C)c1nnc(C)n12. The number of aromatic nitrogens is 4. The molecule has 0 aliphatic carbocycles. The number of amides is 1. The van der Waals surface area contributed by atoms with Crippen LogP contribution in [0.25, 0.3) is 16.7 Å². The van der Waals surface area contributed by atoms with Crippen LogP contribution in [0.5, 0.6) is 5.75 Å². The van der Waals surface area contributed by atoms with E-state index in [0.717, 1.165) is 48.4 Å². The molecular weight excluding hydrogens is 368 g/mol. The van der Waals surface area contributed by atoms with E-state index in [1.54, 1.807) is 7.11 Å². The number of carbonyl (C=O) groups excluding carboxylic acids is 1. The average molecular weight is 399 g/mol. The number of carbonyl (C=O) groups is 1. The molecule has 0 aliphatic heterocycles. The van der Waals surface area contributed by atoms with Gasteiger partial charge in [-0.25, -0.2) is 4.98 Å². The Morgan fingerprint density at radius 2 is 2.00 bits per heavy atom. The van der Waals surface area contributed by atoms with Crippen LogP contribution in [0, 0.1) is 12.8 Å². The van der Waals surface area contributed by atoms with Gasteiger partial charge in [-0.15, -0.1) is 10.2 Å². The number of unbranched alkanes of at least 4 members (excludes halogenated alkanes) is 1. The van der Waals surface area contributed by atoms with E-state index in [2.05, 4.69) is 34.7 Å². The molecular formula is C21H30N6O2. The summed E-state index contributed by atoms with van der Waals surface area (Å²) in [4.78, 5) is 16.5. The molecule has 0 saturated carbocycles. The van der Waals surface area contributed by atoms with E-state index >= 15 is 0 Å². The smallest absolute Gasteiger partial charge is 0.220 e. The molecule has 0 unspecified atom stereocenters. The molecule has 8 nitrogen and oxygen atoms in total. The molecule has 0 saturated heterocycles. The van der Waals surface area contributed by atoms with Crippen LogP contribution in [0.4, 0.5) is 5.82 Å². The molecule has 0 radical (unpaired) electrons. The molecule has 0 aliphatic rings. The number of rotatable bonds is 10. The number of hydrogen-bond acceptors (Lipinski definition) is 6. The van der Waals surface area contributed by atoms with Gasteiger partial charge in [0, 0.05) is 25.6 Å². The maximum atomic E-state index is 11.8. The van der Waals surface area contributed by atoms with E-state index in [0.29, 0.717) is 30.3 Å². The minimum absolute atomic E-state index is 0.137. The number of ether oxygens (including phenoxy) is 1. The average Bonchev–Trinajstić information content (AvgIpc) is 3.10. The number of fused-ring (bicyclic) bond motifs is 3. The van der Waals surface area contributed by atoms with Crippen molar-refractivity contribution < 1.29 is 9.53 Å². The van der Waals surface area contributed by atoms with Crippen molar-refractivity contribution in [2.45, 2.75) is 46.5 Å². The van der Waals surface area contributed by atoms with Gasteiger partial charge in [0.25, 0.3) is 0 Å². The predicted molar refractivity (Wildman–Crippen MR) is 114 cm³/mol. The summed E-state index contributed by atoms with van der Waals surface area (Å²) in [5.41, 5.74) is 2.47. The van der Waals surface area contributed by atoms with Crippen LogP contribution in [-0.4, -0.2) is 45.7 Å². The lowest BCUT2D eigenvalue weighted by atomic mass is 10.1. The van der Waals surface area contributed by atoms with E-state index in [1.807, 2.05) is 29.5 Å². The molecule has 0 atom stereocenters. The Kier molecular flexibility index (Phi) is 6.85. The second kappa shape index (κ2) is 9.54. The van der Waals surface area contributed by atoms with Crippen LogP contribution in [0.3, 0.4) is 0 Å². The number of anilines is 1. The minimum Gasteiger partial charge on any atom is -0.497 e. The lowest BCUT2D eigenvalue weighted by molar-refractivity contribution is -0.121. The molecule has 1 aromatic carbocycles. The molecule has 8 heteroatoms. The molecule has 0 spiro atoms. The molecule has 3 rings (SSSR count). The Bertz CT molecular complexity index is 982. The molecule has 3 aromatic rings. The second-order valence-corrected chi connectivity index (χ2v) is 7.64. The van der Waals surface area contributed by atoms with Crippen molar-refractivity contribution in [3.63, 3.8) is 0 Å². The van der Waals surface area contributed by atoms with Crippen LogP contribution in [0.2, 0.25) is 0 Å². The van der Waals surface area contributed by atoms with Gasteiger partial charge in [-0.1, -0.05) is 13.8 Å². The third-order valence-corrected chi connectivity index (χ3v) is 4.86. The number of aryl methyl sites for hydroxylation is 1. The summed E-state index contributed by atoms with van der Waals surface area (Å²) in [5.74, 6) is 2.96. The maximum absolute atomic E-state index is 11.8. The van der Waals surface area contributed by atoms with Crippen molar-refractivity contribution in [1.82, 2.24) is 24.9 Å². The third-order valence-electron chi connectivity index (χ3n) is 4.86. The van der Waals surface area contributed by atoms with Crippen molar-refractivity contribution in [1.29, 1.82) is 0 Å². The second-order valence-electron chi connectivity index (χ2n) is 7.64. The quantitative estimate of drug-likeness (QED) is 0.509. The van der Waals surface area contributed by atoms with Crippen molar-refractivity contribution >= 4 is 28.4 Å². The Labute approximate surface area is 171 Å². The zero-order valence-corrected chi connectivity index (χ0v) is 17.7. The molecule has 0 bridgehead atoms. The Morgan fingerprint density at radius 3 is 2.76 bits per heavy atom. The summed E-state index contributed by atoms with van der Waals surface area (Å²) in [7, 11) is 1.64. The monoisotopic (exact) mass is 398 g/mol. The van der Waals surface area contributed by atoms with Crippen molar-refractivity contribution in [3.8, 4) is 5.75 Å². The Hall–Kier alpha value is -2.90. The van der Waals surface area contributed by atoms with Gasteiger partial charge in [-0.05, 0) is 44.2 Å². The number of nitrogens with zero attached hydrogens (tertiary/aromatic N) is 4. The first-order chi connectivity index (χ1) is 14.0. The number of nitrogens with one attached hydrogen (secondary N) is 2. The minimum atomic E-state index is 0.137. The topological polar surface area (TPSA) is 93.4 Å². The van der Waals surface area contributed by atoms with Crippen LogP contribution in [0.15, 0.2) is 18.2 Å². The highest BCUT2D eigenvalue weighted by atomic mass is 16.5. The molecule has 29 heavy (non-hydrogen) atoms. The van der Waals surface area contributed by atoms with Crippen molar-refractivity contribution in [2.75, 3.05) is 25.5 Å². The van der Waals surface area contributed by atoms with Gasteiger partial charge in [0.15, 0.2) is 5.82 Å². The molecule has 1 amide bonds. The number of hydrogen-bond donors (Lipinski definition) is 2. The standard InChI is InChI=1S/C21H30N6O2/c1-14(2)7-10-19(28)22-11-5-6-12-23-20-21-26-25-15(3)27(21)18-9-8-16(29-4)13-17(18)24-20/h8-9,13-14H,5-7,10-12H2,1-4H3,(H,22,28)(H,23,24). The normalized spacial score (nSPS) is 11.3. The summed E-state index contributed by atoms with van der Waals surface area (Å²) >= 11 is 0. The van der Waals surface area contributed by atoms with E-state index in [1.165, 1.54) is 0 Å². The van der Waals surface area contributed by atoms with E-state index in [9.17, 15) is 4.79 Å². The van der Waals surface area contributed by atoms with Gasteiger partial charge in [0.1, 0.15) is 11.6 Å². The highest BCUT2D eigenvalue weighted by molar-refractivity contribution is 5.84. The van der Waals surface area contributed by atoms with E-state index in [-0.39, 0.29) is 5.91 Å². The summed E-state index contributed by atoms with van der Waals surface area (Å²) in [6.07, 6.45) is 3.36. The van der Waals surface area contributed by atoms with Crippen LogP contribution >= 0.6 is 0 Å². The Morgan fingerprint density at radius 1 is 1.21 bits per heavy atom. The van der Waals surface area contributed by atoms with Crippen LogP contribution in [0.1, 0.15) is 45.4 Å². The fourth-order valence-corrected chi connectivity index (χ4v) is 3.19. The van der Waals surface area contributed by atoms with Gasteiger partial charge in [-0.2, -0.15) is 0 Å². The lowest BCUT2D eigenvalue weighted by Crippen LogP contribution is -2.24. The zero-order chi connectivity index (χ0) is 20.8. The molecule has 2 heterocycles. The fraction of sp³-hybridized carbons (Fsp3) is 0.524. The Balaban J connectivity index is 1.59. The highest BCUT2D eigenvalue weighted by Crippen LogP contribution is 2.24. The number of benzene rings is 1. The van der Waals surface area contributed by atoms with Gasteiger partial charge in [-0.3, -0.25) is 9.20 Å². The first-order valence-corrected chi connectivity index (χ1v) is 10.2. The number of methoxy groups -OCH3 is 1. The van der Waals surface area contributed by atoms with Gasteiger partial charge in [0.05, 0.1) is 18.1 Å². The lowest BCUT2D eigenvalue weighted by Gasteiger charge is -2.11. The maximum Gasteiger partial charge on any atom is 0.220 e. The molecule has 2 N–H and O–H groups in total. The summed E-state index contributed by atoms with van der Waals surface area (Å²) < 4.78 is 7.32. The summed E-state index contributed by atoms with van der Waals surface area (Å²) in [6.45, 7) is 7.62. The predicted octanol–water partition coefficient (Wildman–Crippen LogP) is 3.34. The van der Waals surface area contributed by atoms with E-state index in [4.69, 9.17) is 9.72 Å². The first kappa shape index (κ1) is 20.8. The first-order valence-electron chi connectivity index (χ1n) is 10.2. The highest BCUT2D eigenvalue weighted by Gasteiger charge is 2.13. The molecule has 2 aromatic heterocycles. The largest absolute Gasteiger partial charge is 0.497 e. The van der Waals surface area contributed by atoms with Crippen molar-refractivity contribution in [2.24, 2.45) is 5.92 Å². The van der Waals surface area contributed by atoms with Crippen LogP contribution in [-0.2, 0) is 4.79 Å². The molecule has 156 valence electrons.